The van der Waals surface area contributed by atoms with Gasteiger partial charge in [-0.25, -0.2) is 0 Å². The molecule has 1 aromatic carbocycles. The van der Waals surface area contributed by atoms with Crippen LogP contribution in [0.3, 0.4) is 0 Å². The largest absolute Gasteiger partial charge is 0.394 e. The molecule has 0 aromatic heterocycles. The van der Waals surface area contributed by atoms with Crippen molar-refractivity contribution in [2.45, 2.75) is 70.4 Å². The molecule has 0 radical (unpaired) electrons. The topological polar surface area (TPSA) is 90.4 Å². The van der Waals surface area contributed by atoms with E-state index in [4.69, 9.17) is 4.74 Å². The summed E-state index contributed by atoms with van der Waals surface area (Å²) in [6.45, 7) is 16.3. The van der Waals surface area contributed by atoms with Crippen molar-refractivity contribution in [3.05, 3.63) is 61.2 Å². The number of fused-ring (bicyclic) bond motifs is 1. The summed E-state index contributed by atoms with van der Waals surface area (Å²) in [7, 11) is 1.71. The van der Waals surface area contributed by atoms with E-state index in [1.807, 2.05) is 58.0 Å². The normalized spacial score (nSPS) is 31.9. The maximum absolute atomic E-state index is 14.7. The van der Waals surface area contributed by atoms with Crippen molar-refractivity contribution in [3.63, 3.8) is 0 Å². The van der Waals surface area contributed by atoms with Gasteiger partial charge in [-0.2, -0.15) is 0 Å². The number of likely N-dealkylation sites (tertiary alicyclic amines) is 1. The quantitative estimate of drug-likeness (QED) is 0.403. The molecule has 8 heteroatoms. The molecular formula is C32H45N3O5. The predicted molar refractivity (Wildman–Crippen MR) is 154 cm³/mol. The first-order chi connectivity index (χ1) is 19.0. The Bertz CT molecular complexity index is 1140. The van der Waals surface area contributed by atoms with Gasteiger partial charge in [-0.15, -0.1) is 13.2 Å². The molecule has 3 unspecified atom stereocenters. The molecule has 1 N–H and O–H groups in total. The molecule has 3 heterocycles. The Balaban J connectivity index is 1.86. The fraction of sp³-hybridized carbons (Fsp3) is 0.594. The second kappa shape index (κ2) is 11.5. The summed E-state index contributed by atoms with van der Waals surface area (Å²) in [5.74, 6) is -2.39. The molecule has 4 rings (SSSR count). The molecule has 40 heavy (non-hydrogen) atoms. The van der Waals surface area contributed by atoms with Crippen LogP contribution in [0.4, 0.5) is 0 Å². The van der Waals surface area contributed by atoms with E-state index in [0.717, 1.165) is 5.56 Å². The first-order valence-electron chi connectivity index (χ1n) is 14.4. The zero-order chi connectivity index (χ0) is 29.4. The molecule has 0 saturated carbocycles. The molecule has 3 aliphatic heterocycles. The van der Waals surface area contributed by atoms with Crippen LogP contribution in [0.25, 0.3) is 0 Å². The summed E-state index contributed by atoms with van der Waals surface area (Å²) in [4.78, 5) is 48.0. The van der Waals surface area contributed by atoms with Gasteiger partial charge in [0.2, 0.25) is 17.7 Å². The maximum Gasteiger partial charge on any atom is 0.249 e. The number of ether oxygens (including phenoxy) is 1. The lowest BCUT2D eigenvalue weighted by molar-refractivity contribution is -0.158. The molecule has 2 bridgehead atoms. The average molecular weight is 552 g/mol. The van der Waals surface area contributed by atoms with Gasteiger partial charge in [0, 0.05) is 26.7 Å². The van der Waals surface area contributed by atoms with Crippen LogP contribution in [0.2, 0.25) is 0 Å². The van der Waals surface area contributed by atoms with E-state index in [2.05, 4.69) is 13.2 Å². The van der Waals surface area contributed by atoms with E-state index in [9.17, 15) is 19.5 Å². The van der Waals surface area contributed by atoms with E-state index < -0.39 is 35.1 Å². The number of carbonyl (C=O) groups excluding carboxylic acids is 3. The van der Waals surface area contributed by atoms with Gasteiger partial charge >= 0.3 is 0 Å². The van der Waals surface area contributed by atoms with Crippen LogP contribution in [0.1, 0.15) is 46.1 Å². The van der Waals surface area contributed by atoms with E-state index in [1.165, 1.54) is 0 Å². The second-order valence-electron chi connectivity index (χ2n) is 12.1. The van der Waals surface area contributed by atoms with Gasteiger partial charge in [-0.3, -0.25) is 14.4 Å². The molecule has 0 aliphatic carbocycles. The minimum absolute atomic E-state index is 0.0592. The van der Waals surface area contributed by atoms with Crippen molar-refractivity contribution in [1.82, 2.24) is 14.7 Å². The van der Waals surface area contributed by atoms with Gasteiger partial charge in [0.25, 0.3) is 0 Å². The molecule has 1 spiro atoms. The van der Waals surface area contributed by atoms with Crippen LogP contribution in [-0.2, 0) is 25.7 Å². The van der Waals surface area contributed by atoms with Crippen molar-refractivity contribution in [1.29, 1.82) is 0 Å². The summed E-state index contributed by atoms with van der Waals surface area (Å²) in [5.41, 5.74) is -1.11. The van der Waals surface area contributed by atoms with E-state index >= 15 is 0 Å². The number of likely N-dealkylation sites (N-methyl/N-ethyl adjacent to an activating group) is 1. The van der Waals surface area contributed by atoms with Gasteiger partial charge < -0.3 is 24.5 Å². The molecule has 218 valence electrons. The molecule has 3 saturated heterocycles. The minimum Gasteiger partial charge on any atom is -0.394 e. The van der Waals surface area contributed by atoms with E-state index in [0.29, 0.717) is 25.9 Å². The zero-order valence-electron chi connectivity index (χ0n) is 24.6. The van der Waals surface area contributed by atoms with Gasteiger partial charge in [0.05, 0.1) is 30.1 Å². The third kappa shape index (κ3) is 4.59. The number of benzene rings is 1. The molecule has 3 fully saturated rings. The van der Waals surface area contributed by atoms with Crippen molar-refractivity contribution >= 4 is 17.7 Å². The highest BCUT2D eigenvalue weighted by Gasteiger charge is 2.80. The molecule has 8 nitrogen and oxygen atoms in total. The lowest BCUT2D eigenvalue weighted by Gasteiger charge is -2.41. The van der Waals surface area contributed by atoms with Gasteiger partial charge in [0.15, 0.2) is 0 Å². The Morgan fingerprint density at radius 1 is 1.20 bits per heavy atom. The maximum atomic E-state index is 14.7. The van der Waals surface area contributed by atoms with Crippen molar-refractivity contribution in [2.24, 2.45) is 23.7 Å². The zero-order valence-corrected chi connectivity index (χ0v) is 24.6. The second-order valence-corrected chi connectivity index (χ2v) is 12.1. The monoisotopic (exact) mass is 551 g/mol. The molecule has 8 atom stereocenters. The predicted octanol–water partition coefficient (Wildman–Crippen LogP) is 3.26. The number of aliphatic hydroxyl groups excluding tert-OH is 1. The highest BCUT2D eigenvalue weighted by Crippen LogP contribution is 2.66. The number of hydrogen-bond acceptors (Lipinski definition) is 5. The van der Waals surface area contributed by atoms with Crippen LogP contribution in [0.5, 0.6) is 0 Å². The average Bonchev–Trinajstić information content (AvgIpc) is 3.45. The Kier molecular flexibility index (Phi) is 8.62. The van der Waals surface area contributed by atoms with E-state index in [-0.39, 0.29) is 42.7 Å². The number of nitrogens with zero attached hydrogens (tertiary/aromatic N) is 3. The van der Waals surface area contributed by atoms with Crippen LogP contribution < -0.4 is 0 Å². The van der Waals surface area contributed by atoms with Crippen LogP contribution in [-0.4, -0.2) is 87.6 Å². The van der Waals surface area contributed by atoms with Crippen LogP contribution >= 0.6 is 0 Å². The summed E-state index contributed by atoms with van der Waals surface area (Å²) in [5, 5.41) is 10.6. The first-order valence-corrected chi connectivity index (χ1v) is 14.4. The minimum atomic E-state index is -1.17. The number of aliphatic hydroxyl groups is 1. The summed E-state index contributed by atoms with van der Waals surface area (Å²) < 4.78 is 6.88. The third-order valence-electron chi connectivity index (χ3n) is 9.75. The van der Waals surface area contributed by atoms with E-state index in [1.54, 1.807) is 33.9 Å². The lowest BCUT2D eigenvalue weighted by atomic mass is 9.62. The molecule has 3 aliphatic rings. The number of amides is 3. The van der Waals surface area contributed by atoms with Crippen LogP contribution in [0.15, 0.2) is 55.6 Å². The van der Waals surface area contributed by atoms with Gasteiger partial charge in [0.1, 0.15) is 11.6 Å². The molecule has 3 amide bonds. The summed E-state index contributed by atoms with van der Waals surface area (Å²) in [6.07, 6.45) is 4.54. The highest BCUT2D eigenvalue weighted by atomic mass is 16.5. The van der Waals surface area contributed by atoms with Gasteiger partial charge in [-0.1, -0.05) is 69.7 Å². The van der Waals surface area contributed by atoms with Crippen LogP contribution in [0, 0.1) is 23.7 Å². The first kappa shape index (κ1) is 30.0. The Morgan fingerprint density at radius 3 is 2.42 bits per heavy atom. The Morgan fingerprint density at radius 2 is 1.85 bits per heavy atom. The number of carbonyl (C=O) groups is 3. The third-order valence-corrected chi connectivity index (χ3v) is 9.75. The summed E-state index contributed by atoms with van der Waals surface area (Å²) >= 11 is 0. The standard InChI is InChI=1S/C32H45N3O5/c1-8-16-33(7)28(37)25-26-29(38)35(24(20-36)21(4)10-3)27(32(26)18-22(5)31(25,6)40-32)30(39)34(17-9-2)19-23-14-12-11-13-15-23/h8-9,11-15,21-22,24-27,36H,1-2,10,16-20H2,3-7H3/t21-,22?,24-,25+,26-,27?,31-,32?/m0/s1. The SMILES string of the molecule is C=CCN(C)C(=O)[C@H]1[C@H]2C(=O)N([C@@H](CO)[C@@H](C)CC)C(C(=O)N(CC=C)Cc3ccccc3)C23CC(C)[C@]1(C)O3. The highest BCUT2D eigenvalue weighted by molar-refractivity contribution is 5.99. The summed E-state index contributed by atoms with van der Waals surface area (Å²) in [6, 6.07) is 8.15. The van der Waals surface area contributed by atoms with Crippen molar-refractivity contribution in [2.75, 3.05) is 26.7 Å². The van der Waals surface area contributed by atoms with Gasteiger partial charge in [-0.05, 0) is 30.7 Å². The number of hydrogen-bond donors (Lipinski definition) is 1. The Labute approximate surface area is 238 Å². The van der Waals surface area contributed by atoms with Crippen molar-refractivity contribution in [3.8, 4) is 0 Å². The Hall–Kier alpha value is -2.97. The van der Waals surface area contributed by atoms with Crippen molar-refractivity contribution < 1.29 is 24.2 Å². The fourth-order valence-electron chi connectivity index (χ4n) is 7.39. The molecule has 1 aromatic rings. The fourth-order valence-corrected chi connectivity index (χ4v) is 7.39. The molecular weight excluding hydrogens is 506 g/mol. The lowest BCUT2D eigenvalue weighted by Crippen LogP contribution is -2.59. The smallest absolute Gasteiger partial charge is 0.249 e. The number of rotatable bonds is 12.